The SMILES string of the molecule is CCOC(=O)CCNc1cc(C)cc(Br)c1. The van der Waals surface area contributed by atoms with Crippen molar-refractivity contribution in [3.05, 3.63) is 28.2 Å². The summed E-state index contributed by atoms with van der Waals surface area (Å²) in [6.07, 6.45) is 0.388. The summed E-state index contributed by atoms with van der Waals surface area (Å²) in [5.74, 6) is -0.165. The van der Waals surface area contributed by atoms with Crippen LogP contribution in [-0.2, 0) is 9.53 Å². The highest BCUT2D eigenvalue weighted by Gasteiger charge is 2.01. The Hall–Kier alpha value is -1.03. The molecule has 0 saturated heterocycles. The molecule has 16 heavy (non-hydrogen) atoms. The minimum absolute atomic E-state index is 0.165. The summed E-state index contributed by atoms with van der Waals surface area (Å²) in [6, 6.07) is 6.06. The number of aryl methyl sites for hydroxylation is 1. The van der Waals surface area contributed by atoms with Crippen molar-refractivity contribution in [2.24, 2.45) is 0 Å². The second-order valence-corrected chi connectivity index (χ2v) is 4.41. The van der Waals surface area contributed by atoms with E-state index in [1.165, 1.54) is 5.56 Å². The van der Waals surface area contributed by atoms with Crippen molar-refractivity contribution in [3.63, 3.8) is 0 Å². The lowest BCUT2D eigenvalue weighted by Gasteiger charge is -2.07. The molecule has 0 aromatic heterocycles. The summed E-state index contributed by atoms with van der Waals surface area (Å²) in [5, 5.41) is 3.18. The molecule has 0 aliphatic heterocycles. The Bertz CT molecular complexity index is 346. The summed E-state index contributed by atoms with van der Waals surface area (Å²) < 4.78 is 5.87. The fourth-order valence-corrected chi connectivity index (χ4v) is 1.99. The number of benzene rings is 1. The van der Waals surface area contributed by atoms with E-state index in [1.54, 1.807) is 0 Å². The lowest BCUT2D eigenvalue weighted by atomic mass is 10.2. The van der Waals surface area contributed by atoms with E-state index in [1.807, 2.05) is 32.0 Å². The lowest BCUT2D eigenvalue weighted by molar-refractivity contribution is -0.142. The number of anilines is 1. The zero-order valence-electron chi connectivity index (χ0n) is 9.55. The molecular formula is C12H16BrNO2. The van der Waals surface area contributed by atoms with E-state index in [9.17, 15) is 4.79 Å². The Morgan fingerprint density at radius 2 is 2.19 bits per heavy atom. The highest BCUT2D eigenvalue weighted by molar-refractivity contribution is 9.10. The van der Waals surface area contributed by atoms with E-state index < -0.39 is 0 Å². The smallest absolute Gasteiger partial charge is 0.307 e. The van der Waals surface area contributed by atoms with Crippen LogP contribution in [0.3, 0.4) is 0 Å². The van der Waals surface area contributed by atoms with E-state index in [-0.39, 0.29) is 5.97 Å². The van der Waals surface area contributed by atoms with Gasteiger partial charge in [-0.15, -0.1) is 0 Å². The van der Waals surface area contributed by atoms with Crippen LogP contribution in [0.2, 0.25) is 0 Å². The summed E-state index contributed by atoms with van der Waals surface area (Å²) >= 11 is 3.43. The molecule has 0 heterocycles. The molecule has 1 N–H and O–H groups in total. The first-order valence-electron chi connectivity index (χ1n) is 5.28. The number of rotatable bonds is 5. The topological polar surface area (TPSA) is 38.3 Å². The van der Waals surface area contributed by atoms with Gasteiger partial charge in [0.2, 0.25) is 0 Å². The number of hydrogen-bond acceptors (Lipinski definition) is 3. The van der Waals surface area contributed by atoms with Crippen LogP contribution in [0.15, 0.2) is 22.7 Å². The molecule has 0 unspecified atom stereocenters. The van der Waals surface area contributed by atoms with Crippen LogP contribution in [0.25, 0.3) is 0 Å². The highest BCUT2D eigenvalue weighted by atomic mass is 79.9. The molecule has 1 rings (SSSR count). The summed E-state index contributed by atoms with van der Waals surface area (Å²) in [6.45, 7) is 4.87. The van der Waals surface area contributed by atoms with Gasteiger partial charge in [0.1, 0.15) is 0 Å². The molecule has 0 radical (unpaired) electrons. The first-order chi connectivity index (χ1) is 7.61. The Balaban J connectivity index is 2.40. The average Bonchev–Trinajstić information content (AvgIpc) is 2.16. The number of carbonyl (C=O) groups excluding carboxylic acids is 1. The van der Waals surface area contributed by atoms with Crippen molar-refractivity contribution in [2.75, 3.05) is 18.5 Å². The van der Waals surface area contributed by atoms with E-state index in [0.717, 1.165) is 10.2 Å². The van der Waals surface area contributed by atoms with Gasteiger partial charge in [-0.3, -0.25) is 4.79 Å². The number of hydrogen-bond donors (Lipinski definition) is 1. The van der Waals surface area contributed by atoms with Gasteiger partial charge >= 0.3 is 5.97 Å². The predicted molar refractivity (Wildman–Crippen MR) is 68.6 cm³/mol. The predicted octanol–water partition coefficient (Wildman–Crippen LogP) is 3.12. The van der Waals surface area contributed by atoms with Gasteiger partial charge in [-0.25, -0.2) is 0 Å². The van der Waals surface area contributed by atoms with Crippen LogP contribution in [-0.4, -0.2) is 19.1 Å². The van der Waals surface area contributed by atoms with E-state index in [0.29, 0.717) is 19.6 Å². The normalized spacial score (nSPS) is 9.94. The van der Waals surface area contributed by atoms with Crippen molar-refractivity contribution in [1.82, 2.24) is 0 Å². The van der Waals surface area contributed by atoms with Crippen LogP contribution in [0, 0.1) is 6.92 Å². The van der Waals surface area contributed by atoms with Gasteiger partial charge in [0, 0.05) is 16.7 Å². The van der Waals surface area contributed by atoms with Gasteiger partial charge in [-0.05, 0) is 37.6 Å². The van der Waals surface area contributed by atoms with Gasteiger partial charge in [-0.1, -0.05) is 15.9 Å². The second-order valence-electron chi connectivity index (χ2n) is 3.50. The van der Waals surface area contributed by atoms with E-state index >= 15 is 0 Å². The monoisotopic (exact) mass is 285 g/mol. The molecule has 0 amide bonds. The highest BCUT2D eigenvalue weighted by Crippen LogP contribution is 2.18. The number of esters is 1. The molecule has 0 bridgehead atoms. The molecule has 3 nitrogen and oxygen atoms in total. The molecule has 88 valence electrons. The molecule has 1 aromatic rings. The minimum Gasteiger partial charge on any atom is -0.466 e. The summed E-state index contributed by atoms with van der Waals surface area (Å²) in [4.78, 5) is 11.1. The van der Waals surface area contributed by atoms with Crippen LogP contribution < -0.4 is 5.32 Å². The molecule has 0 aliphatic rings. The minimum atomic E-state index is -0.165. The van der Waals surface area contributed by atoms with Crippen molar-refractivity contribution in [2.45, 2.75) is 20.3 Å². The summed E-state index contributed by atoms with van der Waals surface area (Å²) in [7, 11) is 0. The fraction of sp³-hybridized carbons (Fsp3) is 0.417. The van der Waals surface area contributed by atoms with Crippen LogP contribution in [0.5, 0.6) is 0 Å². The van der Waals surface area contributed by atoms with Gasteiger partial charge < -0.3 is 10.1 Å². The first-order valence-corrected chi connectivity index (χ1v) is 6.08. The van der Waals surface area contributed by atoms with E-state index in [4.69, 9.17) is 4.74 Å². The third-order valence-electron chi connectivity index (χ3n) is 2.01. The maximum atomic E-state index is 11.1. The van der Waals surface area contributed by atoms with Gasteiger partial charge in [-0.2, -0.15) is 0 Å². The number of carbonyl (C=O) groups is 1. The molecule has 0 spiro atoms. The second kappa shape index (κ2) is 6.53. The largest absolute Gasteiger partial charge is 0.466 e. The van der Waals surface area contributed by atoms with Crippen LogP contribution >= 0.6 is 15.9 Å². The molecule has 4 heteroatoms. The molecular weight excluding hydrogens is 270 g/mol. The number of halogens is 1. The Kier molecular flexibility index (Phi) is 5.32. The Labute approximate surface area is 104 Å². The first kappa shape index (κ1) is 13.0. The van der Waals surface area contributed by atoms with Gasteiger partial charge in [0.15, 0.2) is 0 Å². The molecule has 0 fully saturated rings. The zero-order chi connectivity index (χ0) is 12.0. The Morgan fingerprint density at radius 1 is 1.44 bits per heavy atom. The molecule has 0 aliphatic carbocycles. The van der Waals surface area contributed by atoms with Crippen molar-refractivity contribution < 1.29 is 9.53 Å². The lowest BCUT2D eigenvalue weighted by Crippen LogP contribution is -2.11. The quantitative estimate of drug-likeness (QED) is 0.845. The molecule has 1 aromatic carbocycles. The fourth-order valence-electron chi connectivity index (χ4n) is 1.38. The zero-order valence-corrected chi connectivity index (χ0v) is 11.1. The summed E-state index contributed by atoms with van der Waals surface area (Å²) in [5.41, 5.74) is 2.18. The third kappa shape index (κ3) is 4.66. The Morgan fingerprint density at radius 3 is 2.81 bits per heavy atom. The van der Waals surface area contributed by atoms with Crippen molar-refractivity contribution in [1.29, 1.82) is 0 Å². The van der Waals surface area contributed by atoms with E-state index in [2.05, 4.69) is 21.2 Å². The third-order valence-corrected chi connectivity index (χ3v) is 2.46. The van der Waals surface area contributed by atoms with Crippen molar-refractivity contribution >= 4 is 27.6 Å². The molecule has 0 atom stereocenters. The van der Waals surface area contributed by atoms with Crippen LogP contribution in [0.1, 0.15) is 18.9 Å². The van der Waals surface area contributed by atoms with Gasteiger partial charge in [0.05, 0.1) is 13.0 Å². The van der Waals surface area contributed by atoms with Crippen molar-refractivity contribution in [3.8, 4) is 0 Å². The number of ether oxygens (including phenoxy) is 1. The van der Waals surface area contributed by atoms with Crippen LogP contribution in [0.4, 0.5) is 5.69 Å². The molecule has 0 saturated carbocycles. The standard InChI is InChI=1S/C12H16BrNO2/c1-3-16-12(15)4-5-14-11-7-9(2)6-10(13)8-11/h6-8,14H,3-5H2,1-2H3. The maximum absolute atomic E-state index is 11.1. The maximum Gasteiger partial charge on any atom is 0.307 e. The number of nitrogens with one attached hydrogen (secondary N) is 1. The average molecular weight is 286 g/mol. The van der Waals surface area contributed by atoms with Gasteiger partial charge in [0.25, 0.3) is 0 Å².